The van der Waals surface area contributed by atoms with Gasteiger partial charge in [0.15, 0.2) is 0 Å². The summed E-state index contributed by atoms with van der Waals surface area (Å²) in [5, 5.41) is 11.1. The van der Waals surface area contributed by atoms with Gasteiger partial charge in [-0.05, 0) is 61.4 Å². The van der Waals surface area contributed by atoms with Gasteiger partial charge in [0.1, 0.15) is 0 Å². The Morgan fingerprint density at radius 3 is 2.41 bits per heavy atom. The van der Waals surface area contributed by atoms with Crippen molar-refractivity contribution in [2.45, 2.75) is 37.2 Å². The average molecular weight is 455 g/mol. The highest BCUT2D eigenvalue weighted by molar-refractivity contribution is 7.99. The summed E-state index contributed by atoms with van der Waals surface area (Å²) < 4.78 is 0. The lowest BCUT2D eigenvalue weighted by molar-refractivity contribution is 0.154. The SMILES string of the molecule is CCCSc1ccccc1N1CCN(CCCC(O)c2ccc(Cl)cc2)CC1.Cl. The van der Waals surface area contributed by atoms with Crippen molar-refractivity contribution in [3.05, 3.63) is 59.1 Å². The zero-order chi connectivity index (χ0) is 19.8. The van der Waals surface area contributed by atoms with Crippen LogP contribution in [-0.4, -0.2) is 48.5 Å². The van der Waals surface area contributed by atoms with Crippen LogP contribution in [0.2, 0.25) is 5.02 Å². The smallest absolute Gasteiger partial charge is 0.0790 e. The molecule has 1 fully saturated rings. The van der Waals surface area contributed by atoms with E-state index >= 15 is 0 Å². The number of hydrogen-bond acceptors (Lipinski definition) is 4. The van der Waals surface area contributed by atoms with Crippen molar-refractivity contribution in [1.82, 2.24) is 4.90 Å². The summed E-state index contributed by atoms with van der Waals surface area (Å²) in [6.07, 6.45) is 2.60. The second-order valence-electron chi connectivity index (χ2n) is 7.35. The molecule has 1 saturated heterocycles. The van der Waals surface area contributed by atoms with E-state index in [1.165, 1.54) is 22.8 Å². The highest BCUT2D eigenvalue weighted by atomic mass is 35.5. The van der Waals surface area contributed by atoms with Crippen LogP contribution in [0.15, 0.2) is 53.4 Å². The Kier molecular flexibility index (Phi) is 10.7. The summed E-state index contributed by atoms with van der Waals surface area (Å²) in [7, 11) is 0. The molecule has 2 aromatic carbocycles. The third kappa shape index (κ3) is 7.37. The van der Waals surface area contributed by atoms with E-state index < -0.39 is 6.10 Å². The van der Waals surface area contributed by atoms with Gasteiger partial charge < -0.3 is 10.0 Å². The number of hydrogen-bond donors (Lipinski definition) is 1. The number of nitrogens with zero attached hydrogens (tertiary/aromatic N) is 2. The number of para-hydroxylation sites is 1. The Hall–Kier alpha value is -0.910. The molecule has 6 heteroatoms. The first-order valence-corrected chi connectivity index (χ1v) is 11.7. The van der Waals surface area contributed by atoms with Crippen molar-refractivity contribution in [2.24, 2.45) is 0 Å². The molecule has 0 amide bonds. The van der Waals surface area contributed by atoms with Crippen molar-refractivity contribution in [2.75, 3.05) is 43.4 Å². The Bertz CT molecular complexity index is 721. The first kappa shape index (κ1) is 24.4. The molecule has 0 spiro atoms. The number of halogens is 2. The standard InChI is InChI=1S/C23H31ClN2OS.ClH/c1-2-18-28-23-8-4-3-6-21(23)26-16-14-25(15-17-26)13-5-7-22(27)19-9-11-20(24)12-10-19;/h3-4,6,8-12,22,27H,2,5,7,13-18H2,1H3;1H. The monoisotopic (exact) mass is 454 g/mol. The Balaban J connectivity index is 0.00000300. The number of anilines is 1. The lowest BCUT2D eigenvalue weighted by Gasteiger charge is -2.37. The van der Waals surface area contributed by atoms with E-state index in [0.29, 0.717) is 5.02 Å². The molecular formula is C23H32Cl2N2OS. The maximum absolute atomic E-state index is 10.4. The largest absolute Gasteiger partial charge is 0.388 e. The molecule has 2 aromatic rings. The average Bonchev–Trinajstić information content (AvgIpc) is 2.73. The summed E-state index contributed by atoms with van der Waals surface area (Å²) in [6, 6.07) is 16.3. The number of rotatable bonds is 9. The molecule has 1 atom stereocenters. The van der Waals surface area contributed by atoms with Crippen molar-refractivity contribution < 1.29 is 5.11 Å². The van der Waals surface area contributed by atoms with Gasteiger partial charge in [0.2, 0.25) is 0 Å². The lowest BCUT2D eigenvalue weighted by atomic mass is 10.0. The maximum Gasteiger partial charge on any atom is 0.0790 e. The van der Waals surface area contributed by atoms with Crippen molar-refractivity contribution in [1.29, 1.82) is 0 Å². The zero-order valence-electron chi connectivity index (χ0n) is 17.1. The van der Waals surface area contributed by atoms with Crippen LogP contribution in [0.25, 0.3) is 0 Å². The predicted octanol–water partition coefficient (Wildman–Crippen LogP) is 5.90. The molecular weight excluding hydrogens is 423 g/mol. The molecule has 1 N–H and O–H groups in total. The number of thioether (sulfide) groups is 1. The van der Waals surface area contributed by atoms with E-state index in [-0.39, 0.29) is 12.4 Å². The van der Waals surface area contributed by atoms with Crippen LogP contribution >= 0.6 is 35.8 Å². The molecule has 0 radical (unpaired) electrons. The van der Waals surface area contributed by atoms with E-state index in [9.17, 15) is 5.11 Å². The van der Waals surface area contributed by atoms with Crippen LogP contribution < -0.4 is 4.90 Å². The molecule has 3 rings (SSSR count). The number of piperazine rings is 1. The minimum absolute atomic E-state index is 0. The summed E-state index contributed by atoms with van der Waals surface area (Å²) >= 11 is 7.89. The Labute approximate surface area is 190 Å². The molecule has 29 heavy (non-hydrogen) atoms. The third-order valence-electron chi connectivity index (χ3n) is 5.25. The van der Waals surface area contributed by atoms with Crippen LogP contribution in [0.4, 0.5) is 5.69 Å². The highest BCUT2D eigenvalue weighted by Crippen LogP contribution is 2.31. The molecule has 1 heterocycles. The van der Waals surface area contributed by atoms with Crippen LogP contribution in [-0.2, 0) is 0 Å². The molecule has 0 aliphatic carbocycles. The second kappa shape index (κ2) is 12.7. The predicted molar refractivity (Wildman–Crippen MR) is 129 cm³/mol. The molecule has 1 aliphatic rings. The second-order valence-corrected chi connectivity index (χ2v) is 8.93. The van der Waals surface area contributed by atoms with Gasteiger partial charge in [-0.2, -0.15) is 0 Å². The number of aliphatic hydroxyl groups excluding tert-OH is 1. The fraction of sp³-hybridized carbons (Fsp3) is 0.478. The first-order chi connectivity index (χ1) is 13.7. The lowest BCUT2D eigenvalue weighted by Crippen LogP contribution is -2.46. The molecule has 1 aliphatic heterocycles. The van der Waals surface area contributed by atoms with Gasteiger partial charge in [-0.1, -0.05) is 42.8 Å². The molecule has 0 bridgehead atoms. The topological polar surface area (TPSA) is 26.7 Å². The summed E-state index contributed by atoms with van der Waals surface area (Å²) in [5.74, 6) is 1.17. The number of benzene rings is 2. The summed E-state index contributed by atoms with van der Waals surface area (Å²) in [4.78, 5) is 6.45. The van der Waals surface area contributed by atoms with E-state index in [0.717, 1.165) is 51.1 Å². The van der Waals surface area contributed by atoms with Crippen molar-refractivity contribution >= 4 is 41.5 Å². The van der Waals surface area contributed by atoms with Crippen LogP contribution in [0, 0.1) is 0 Å². The minimum atomic E-state index is -0.402. The zero-order valence-corrected chi connectivity index (χ0v) is 19.5. The van der Waals surface area contributed by atoms with Crippen molar-refractivity contribution in [3.63, 3.8) is 0 Å². The van der Waals surface area contributed by atoms with Crippen molar-refractivity contribution in [3.8, 4) is 0 Å². The van der Waals surface area contributed by atoms with Gasteiger partial charge in [-0.3, -0.25) is 4.90 Å². The summed E-state index contributed by atoms with van der Waals surface area (Å²) in [6.45, 7) is 7.60. The molecule has 3 nitrogen and oxygen atoms in total. The van der Waals surface area contributed by atoms with E-state index in [2.05, 4.69) is 41.0 Å². The fourth-order valence-corrected chi connectivity index (χ4v) is 4.69. The first-order valence-electron chi connectivity index (χ1n) is 10.3. The molecule has 1 unspecified atom stereocenters. The van der Waals surface area contributed by atoms with E-state index in [4.69, 9.17) is 11.6 Å². The third-order valence-corrected chi connectivity index (χ3v) is 6.77. The van der Waals surface area contributed by atoms with Gasteiger partial charge in [-0.15, -0.1) is 24.2 Å². The molecule has 0 saturated carbocycles. The van der Waals surface area contributed by atoms with Gasteiger partial charge in [-0.25, -0.2) is 0 Å². The van der Waals surface area contributed by atoms with Gasteiger partial charge >= 0.3 is 0 Å². The van der Waals surface area contributed by atoms with E-state index in [1.54, 1.807) is 0 Å². The normalized spacial score (nSPS) is 15.8. The molecule has 160 valence electrons. The van der Waals surface area contributed by atoms with Gasteiger partial charge in [0.05, 0.1) is 11.8 Å². The van der Waals surface area contributed by atoms with Crippen LogP contribution in [0.5, 0.6) is 0 Å². The fourth-order valence-electron chi connectivity index (χ4n) is 3.62. The van der Waals surface area contributed by atoms with Crippen LogP contribution in [0.1, 0.15) is 37.9 Å². The minimum Gasteiger partial charge on any atom is -0.388 e. The van der Waals surface area contributed by atoms with Gasteiger partial charge in [0.25, 0.3) is 0 Å². The van der Waals surface area contributed by atoms with E-state index in [1.807, 2.05) is 36.0 Å². The highest BCUT2D eigenvalue weighted by Gasteiger charge is 2.19. The Morgan fingerprint density at radius 2 is 1.72 bits per heavy atom. The number of aliphatic hydroxyl groups is 1. The quantitative estimate of drug-likeness (QED) is 0.477. The summed E-state index contributed by atoms with van der Waals surface area (Å²) in [5.41, 5.74) is 2.34. The van der Waals surface area contributed by atoms with Crippen LogP contribution in [0.3, 0.4) is 0 Å². The molecule has 0 aromatic heterocycles. The van der Waals surface area contributed by atoms with Gasteiger partial charge in [0, 0.05) is 36.1 Å². The Morgan fingerprint density at radius 1 is 1.03 bits per heavy atom. The maximum atomic E-state index is 10.4.